The van der Waals surface area contributed by atoms with Gasteiger partial charge >= 0.3 is 12.1 Å². The first kappa shape index (κ1) is 23.6. The highest BCUT2D eigenvalue weighted by Gasteiger charge is 2.61. The molecule has 2 fully saturated rings. The van der Waals surface area contributed by atoms with Gasteiger partial charge in [0.05, 0.1) is 12.4 Å². The van der Waals surface area contributed by atoms with Crippen molar-refractivity contribution in [1.29, 1.82) is 0 Å². The summed E-state index contributed by atoms with van der Waals surface area (Å²) in [5, 5.41) is 7.12. The number of ether oxygens (including phenoxy) is 1. The van der Waals surface area contributed by atoms with E-state index in [1.807, 2.05) is 6.92 Å². The van der Waals surface area contributed by atoms with Gasteiger partial charge in [0.15, 0.2) is 9.84 Å². The molecule has 0 bridgehead atoms. The van der Waals surface area contributed by atoms with Crippen LogP contribution in [0.4, 0.5) is 13.2 Å². The van der Waals surface area contributed by atoms with E-state index >= 15 is 0 Å². The molecule has 0 amide bonds. The molecule has 1 atom stereocenters. The van der Waals surface area contributed by atoms with Crippen molar-refractivity contribution in [2.75, 3.05) is 32.1 Å². The van der Waals surface area contributed by atoms with Crippen LogP contribution >= 0.6 is 0 Å². The first-order valence-electron chi connectivity index (χ1n) is 9.29. The number of halogens is 3. The average Bonchev–Trinajstić information content (AvgIpc) is 2.85. The van der Waals surface area contributed by atoms with E-state index in [-0.39, 0.29) is 5.92 Å². The van der Waals surface area contributed by atoms with Crippen LogP contribution in [0.1, 0.15) is 24.5 Å². The van der Waals surface area contributed by atoms with Gasteiger partial charge in [-0.1, -0.05) is 29.8 Å². The zero-order chi connectivity index (χ0) is 21.9. The highest BCUT2D eigenvalue weighted by Crippen LogP contribution is 2.45. The number of hydrogen-bond donors (Lipinski definition) is 1. The van der Waals surface area contributed by atoms with Crippen LogP contribution in [-0.4, -0.2) is 67.4 Å². The lowest BCUT2D eigenvalue weighted by Gasteiger charge is -2.50. The normalized spacial score (nSPS) is 22.6. The topological polar surface area (TPSA) is 83.9 Å². The molecule has 0 radical (unpaired) electrons. The lowest BCUT2D eigenvalue weighted by molar-refractivity contribution is -0.192. The third-order valence-corrected chi connectivity index (χ3v) is 7.98. The highest BCUT2D eigenvalue weighted by molar-refractivity contribution is 7.93. The molecule has 0 aromatic heterocycles. The Balaban J connectivity index is 0.000000370. The number of carboxylic acid groups (broad SMARTS) is 1. The molecule has 1 aromatic carbocycles. The Hall–Kier alpha value is -1.65. The lowest BCUT2D eigenvalue weighted by atomic mass is 9.83. The predicted octanol–water partition coefficient (Wildman–Crippen LogP) is 2.65. The number of likely N-dealkylation sites (tertiary alicyclic amines) is 1. The summed E-state index contributed by atoms with van der Waals surface area (Å²) in [6.07, 6.45) is -4.33. The van der Waals surface area contributed by atoms with Crippen LogP contribution < -0.4 is 0 Å². The zero-order valence-corrected chi connectivity index (χ0v) is 17.2. The zero-order valence-electron chi connectivity index (χ0n) is 16.4. The standard InChI is InChI=1S/C17H25NO3S.C2HF3O2/c1-3-21-11-16-8-9-22(19,20)17(16)12-18(13-17)10-15-6-4-14(2)5-7-15;3-2(4,5)1(6)7/h4-7,16H,3,8-13H2,1-2H3;(H,6,7). The first-order valence-corrected chi connectivity index (χ1v) is 10.9. The van der Waals surface area contributed by atoms with Gasteiger partial charge in [-0.3, -0.25) is 4.90 Å². The Morgan fingerprint density at radius 1 is 1.28 bits per heavy atom. The number of alkyl halides is 3. The molecule has 1 spiro atoms. The van der Waals surface area contributed by atoms with Gasteiger partial charge in [-0.15, -0.1) is 0 Å². The molecule has 1 N–H and O–H groups in total. The number of sulfone groups is 1. The summed E-state index contributed by atoms with van der Waals surface area (Å²) in [5.74, 6) is -2.28. The number of carbonyl (C=O) groups is 1. The maximum Gasteiger partial charge on any atom is 0.490 e. The second-order valence-corrected chi connectivity index (χ2v) is 9.91. The van der Waals surface area contributed by atoms with E-state index in [4.69, 9.17) is 14.6 Å². The third kappa shape index (κ3) is 5.49. The Bertz CT molecular complexity index is 802. The highest BCUT2D eigenvalue weighted by atomic mass is 32.2. The average molecular weight is 437 g/mol. The van der Waals surface area contributed by atoms with E-state index in [1.54, 1.807) is 0 Å². The number of rotatable bonds is 5. The van der Waals surface area contributed by atoms with Gasteiger partial charge in [0.1, 0.15) is 4.75 Å². The minimum absolute atomic E-state index is 0.159. The van der Waals surface area contributed by atoms with Crippen LogP contribution in [-0.2, 0) is 25.9 Å². The fraction of sp³-hybridized carbons (Fsp3) is 0.632. The van der Waals surface area contributed by atoms with E-state index in [0.717, 1.165) is 13.0 Å². The molecule has 0 saturated carbocycles. The fourth-order valence-electron chi connectivity index (χ4n) is 3.74. The molecule has 29 heavy (non-hydrogen) atoms. The summed E-state index contributed by atoms with van der Waals surface area (Å²) < 4.78 is 61.7. The van der Waals surface area contributed by atoms with Crippen molar-refractivity contribution in [3.05, 3.63) is 35.4 Å². The Kier molecular flexibility index (Phi) is 7.34. The summed E-state index contributed by atoms with van der Waals surface area (Å²) in [6.45, 7) is 7.40. The number of hydrogen-bond acceptors (Lipinski definition) is 5. The number of aryl methyl sites for hydroxylation is 1. The van der Waals surface area contributed by atoms with E-state index in [9.17, 15) is 21.6 Å². The summed E-state index contributed by atoms with van der Waals surface area (Å²) in [4.78, 5) is 11.1. The number of benzene rings is 1. The van der Waals surface area contributed by atoms with Gasteiger partial charge in [0, 0.05) is 32.2 Å². The molecule has 164 valence electrons. The molecule has 6 nitrogen and oxygen atoms in total. The van der Waals surface area contributed by atoms with Crippen molar-refractivity contribution >= 4 is 15.8 Å². The van der Waals surface area contributed by atoms with E-state index in [1.165, 1.54) is 11.1 Å². The van der Waals surface area contributed by atoms with Crippen molar-refractivity contribution in [3.63, 3.8) is 0 Å². The monoisotopic (exact) mass is 437 g/mol. The second-order valence-electron chi connectivity index (χ2n) is 7.46. The lowest BCUT2D eigenvalue weighted by Crippen LogP contribution is -2.67. The third-order valence-electron chi connectivity index (χ3n) is 5.37. The number of aliphatic carboxylic acids is 1. The SMILES string of the molecule is CCOCC1CCS(=O)(=O)C12CN(Cc1ccc(C)cc1)C2.O=C(O)C(F)(F)F. The summed E-state index contributed by atoms with van der Waals surface area (Å²) >= 11 is 0. The van der Waals surface area contributed by atoms with Crippen LogP contribution in [0.15, 0.2) is 24.3 Å². The van der Waals surface area contributed by atoms with Crippen molar-refractivity contribution < 1.29 is 36.2 Å². The molecule has 2 saturated heterocycles. The molecule has 2 aliphatic rings. The van der Waals surface area contributed by atoms with Gasteiger partial charge in [-0.25, -0.2) is 13.2 Å². The largest absolute Gasteiger partial charge is 0.490 e. The summed E-state index contributed by atoms with van der Waals surface area (Å²) in [6, 6.07) is 8.46. The van der Waals surface area contributed by atoms with Gasteiger partial charge in [-0.05, 0) is 25.8 Å². The maximum absolute atomic E-state index is 12.5. The van der Waals surface area contributed by atoms with Crippen LogP contribution in [0.3, 0.4) is 0 Å². The quantitative estimate of drug-likeness (QED) is 0.763. The second kappa shape index (κ2) is 9.01. The van der Waals surface area contributed by atoms with Crippen molar-refractivity contribution in [2.45, 2.75) is 37.7 Å². The van der Waals surface area contributed by atoms with Crippen molar-refractivity contribution in [3.8, 4) is 0 Å². The number of nitrogens with zero attached hydrogens (tertiary/aromatic N) is 1. The fourth-order valence-corrected chi connectivity index (χ4v) is 6.20. The van der Waals surface area contributed by atoms with Crippen LogP contribution in [0.5, 0.6) is 0 Å². The smallest absolute Gasteiger partial charge is 0.475 e. The van der Waals surface area contributed by atoms with Crippen molar-refractivity contribution in [2.24, 2.45) is 5.92 Å². The van der Waals surface area contributed by atoms with Gasteiger partial charge < -0.3 is 9.84 Å². The van der Waals surface area contributed by atoms with E-state index in [0.29, 0.717) is 32.1 Å². The van der Waals surface area contributed by atoms with Gasteiger partial charge in [-0.2, -0.15) is 13.2 Å². The van der Waals surface area contributed by atoms with Crippen LogP contribution in [0.2, 0.25) is 0 Å². The Morgan fingerprint density at radius 2 is 1.83 bits per heavy atom. The van der Waals surface area contributed by atoms with Gasteiger partial charge in [0.2, 0.25) is 0 Å². The molecule has 2 aliphatic heterocycles. The molecule has 2 heterocycles. The Morgan fingerprint density at radius 3 is 2.31 bits per heavy atom. The minimum Gasteiger partial charge on any atom is -0.475 e. The first-order chi connectivity index (χ1) is 13.4. The van der Waals surface area contributed by atoms with E-state index < -0.39 is 26.7 Å². The molecule has 0 aliphatic carbocycles. The molecular weight excluding hydrogens is 411 g/mol. The molecular formula is C19H26F3NO5S. The summed E-state index contributed by atoms with van der Waals surface area (Å²) in [5.41, 5.74) is 2.50. The predicted molar refractivity (Wildman–Crippen MR) is 101 cm³/mol. The maximum atomic E-state index is 12.5. The van der Waals surface area contributed by atoms with E-state index in [2.05, 4.69) is 36.1 Å². The molecule has 3 rings (SSSR count). The number of carboxylic acids is 1. The molecule has 1 aromatic rings. The molecule has 10 heteroatoms. The summed E-state index contributed by atoms with van der Waals surface area (Å²) in [7, 11) is -2.98. The van der Waals surface area contributed by atoms with Crippen molar-refractivity contribution in [1.82, 2.24) is 4.90 Å². The van der Waals surface area contributed by atoms with Crippen LogP contribution in [0.25, 0.3) is 0 Å². The minimum atomic E-state index is -5.08. The molecule has 1 unspecified atom stereocenters. The van der Waals surface area contributed by atoms with Crippen LogP contribution in [0, 0.1) is 12.8 Å². The van der Waals surface area contributed by atoms with Gasteiger partial charge in [0.25, 0.3) is 0 Å². The Labute approximate surface area is 168 Å².